The third-order valence-corrected chi connectivity index (χ3v) is 5.23. The molecule has 0 unspecified atom stereocenters. The minimum Gasteiger partial charge on any atom is -0.339 e. The van der Waals surface area contributed by atoms with E-state index in [0.717, 1.165) is 36.5 Å². The third kappa shape index (κ3) is 3.07. The van der Waals surface area contributed by atoms with Crippen molar-refractivity contribution in [2.24, 2.45) is 0 Å². The van der Waals surface area contributed by atoms with E-state index in [-0.39, 0.29) is 17.1 Å². The van der Waals surface area contributed by atoms with Gasteiger partial charge in [-0.25, -0.2) is 0 Å². The summed E-state index contributed by atoms with van der Waals surface area (Å²) in [6.07, 6.45) is 4.58. The van der Waals surface area contributed by atoms with Crippen LogP contribution in [-0.4, -0.2) is 35.1 Å². The van der Waals surface area contributed by atoms with E-state index >= 15 is 0 Å². The topological polar surface area (TPSA) is 49.4 Å². The van der Waals surface area contributed by atoms with Gasteiger partial charge in [-0.05, 0) is 38.0 Å². The minimum absolute atomic E-state index is 0.00636. The molecule has 2 aliphatic heterocycles. The molecular weight excluding hydrogens is 284 g/mol. The van der Waals surface area contributed by atoms with Crippen LogP contribution in [0, 0.1) is 0 Å². The van der Waals surface area contributed by atoms with E-state index in [2.05, 4.69) is 5.32 Å². The molecule has 1 aromatic rings. The smallest absolute Gasteiger partial charge is 0.253 e. The van der Waals surface area contributed by atoms with Gasteiger partial charge in [-0.15, -0.1) is 11.8 Å². The summed E-state index contributed by atoms with van der Waals surface area (Å²) in [4.78, 5) is 27.3. The fourth-order valence-electron chi connectivity index (χ4n) is 2.80. The second-order valence-corrected chi connectivity index (χ2v) is 7.05. The number of carbonyl (C=O) groups excluding carboxylic acids is 2. The molecule has 1 fully saturated rings. The zero-order chi connectivity index (χ0) is 14.8. The predicted octanol–water partition coefficient (Wildman–Crippen LogP) is 3.14. The average molecular weight is 304 g/mol. The van der Waals surface area contributed by atoms with Crippen LogP contribution in [0.25, 0.3) is 0 Å². The van der Waals surface area contributed by atoms with E-state index in [0.29, 0.717) is 5.56 Å². The number of amides is 2. The molecule has 112 valence electrons. The summed E-state index contributed by atoms with van der Waals surface area (Å²) in [6, 6.07) is 5.64. The van der Waals surface area contributed by atoms with Gasteiger partial charge in [0.05, 0.1) is 10.9 Å². The molecule has 4 nitrogen and oxygen atoms in total. The summed E-state index contributed by atoms with van der Waals surface area (Å²) in [5.74, 6) is 0.0874. The van der Waals surface area contributed by atoms with Crippen molar-refractivity contribution in [3.05, 3.63) is 23.8 Å². The predicted molar refractivity (Wildman–Crippen MR) is 84.8 cm³/mol. The van der Waals surface area contributed by atoms with Crippen molar-refractivity contribution in [1.82, 2.24) is 4.90 Å². The van der Waals surface area contributed by atoms with E-state index in [4.69, 9.17) is 0 Å². The number of anilines is 1. The lowest BCUT2D eigenvalue weighted by Crippen LogP contribution is -2.32. The molecule has 0 spiro atoms. The standard InChI is InChI=1S/C16H20N2O2S/c1-11-15(19)17-13-10-12(6-7-14(13)21-11)16(20)18-8-4-2-3-5-9-18/h6-7,10-11H,2-5,8-9H2,1H3,(H,17,19)/t11-/m0/s1. The summed E-state index contributed by atoms with van der Waals surface area (Å²) < 4.78 is 0. The van der Waals surface area contributed by atoms with E-state index < -0.39 is 0 Å². The van der Waals surface area contributed by atoms with Gasteiger partial charge in [-0.3, -0.25) is 9.59 Å². The fourth-order valence-corrected chi connectivity index (χ4v) is 3.73. The maximum Gasteiger partial charge on any atom is 0.253 e. The third-order valence-electron chi connectivity index (χ3n) is 4.05. The first-order chi connectivity index (χ1) is 10.1. The van der Waals surface area contributed by atoms with Gasteiger partial charge in [-0.1, -0.05) is 12.8 Å². The average Bonchev–Trinajstić information content (AvgIpc) is 2.76. The van der Waals surface area contributed by atoms with Gasteiger partial charge in [0, 0.05) is 23.5 Å². The van der Waals surface area contributed by atoms with Crippen LogP contribution in [0.3, 0.4) is 0 Å². The van der Waals surface area contributed by atoms with E-state index in [9.17, 15) is 9.59 Å². The highest BCUT2D eigenvalue weighted by Gasteiger charge is 2.25. The number of likely N-dealkylation sites (tertiary alicyclic amines) is 1. The van der Waals surface area contributed by atoms with Gasteiger partial charge in [0.2, 0.25) is 5.91 Å². The number of hydrogen-bond acceptors (Lipinski definition) is 3. The molecule has 1 saturated heterocycles. The van der Waals surface area contributed by atoms with Crippen molar-refractivity contribution in [2.45, 2.75) is 42.8 Å². The Morgan fingerprint density at radius 3 is 2.67 bits per heavy atom. The van der Waals surface area contributed by atoms with Crippen molar-refractivity contribution >= 4 is 29.3 Å². The Hall–Kier alpha value is -1.49. The first kappa shape index (κ1) is 14.4. The lowest BCUT2D eigenvalue weighted by molar-refractivity contribution is -0.115. The second-order valence-electron chi connectivity index (χ2n) is 5.67. The molecule has 0 aliphatic carbocycles. The summed E-state index contributed by atoms with van der Waals surface area (Å²) in [5, 5.41) is 2.81. The highest BCUT2D eigenvalue weighted by Crippen LogP contribution is 2.36. The van der Waals surface area contributed by atoms with Crippen molar-refractivity contribution in [2.75, 3.05) is 18.4 Å². The van der Waals surface area contributed by atoms with Crippen LogP contribution in [0.4, 0.5) is 5.69 Å². The van der Waals surface area contributed by atoms with Crippen LogP contribution < -0.4 is 5.32 Å². The van der Waals surface area contributed by atoms with Crippen LogP contribution in [0.2, 0.25) is 0 Å². The van der Waals surface area contributed by atoms with Crippen LogP contribution in [0.5, 0.6) is 0 Å². The molecule has 1 atom stereocenters. The van der Waals surface area contributed by atoms with Crippen LogP contribution >= 0.6 is 11.8 Å². The fraction of sp³-hybridized carbons (Fsp3) is 0.500. The zero-order valence-corrected chi connectivity index (χ0v) is 13.0. The Kier molecular flexibility index (Phi) is 4.19. The maximum absolute atomic E-state index is 12.6. The number of rotatable bonds is 1. The second kappa shape index (κ2) is 6.10. The van der Waals surface area contributed by atoms with Gasteiger partial charge in [0.25, 0.3) is 5.91 Å². The van der Waals surface area contributed by atoms with E-state index in [1.54, 1.807) is 11.8 Å². The van der Waals surface area contributed by atoms with Gasteiger partial charge in [-0.2, -0.15) is 0 Å². The highest BCUT2D eigenvalue weighted by atomic mass is 32.2. The molecule has 21 heavy (non-hydrogen) atoms. The number of fused-ring (bicyclic) bond motifs is 1. The number of nitrogens with one attached hydrogen (secondary N) is 1. The molecule has 0 saturated carbocycles. The SMILES string of the molecule is C[C@@H]1Sc2ccc(C(=O)N3CCCCCC3)cc2NC1=O. The van der Waals surface area contributed by atoms with Crippen LogP contribution in [-0.2, 0) is 4.79 Å². The Labute approximate surface area is 129 Å². The van der Waals surface area contributed by atoms with Crippen molar-refractivity contribution in [3.8, 4) is 0 Å². The number of nitrogens with zero attached hydrogens (tertiary/aromatic N) is 1. The molecule has 3 rings (SSSR count). The zero-order valence-electron chi connectivity index (χ0n) is 12.2. The van der Waals surface area contributed by atoms with Crippen molar-refractivity contribution < 1.29 is 9.59 Å². The quantitative estimate of drug-likeness (QED) is 0.867. The maximum atomic E-state index is 12.6. The molecule has 1 aromatic carbocycles. The molecular formula is C16H20N2O2S. The first-order valence-corrected chi connectivity index (χ1v) is 8.44. The summed E-state index contributed by atoms with van der Waals surface area (Å²) in [6.45, 7) is 3.57. The first-order valence-electron chi connectivity index (χ1n) is 7.56. The largest absolute Gasteiger partial charge is 0.339 e. The molecule has 5 heteroatoms. The summed E-state index contributed by atoms with van der Waals surface area (Å²) in [5.41, 5.74) is 1.44. The Morgan fingerprint density at radius 1 is 1.24 bits per heavy atom. The number of hydrogen-bond donors (Lipinski definition) is 1. The Bertz CT molecular complexity index is 565. The molecule has 0 aromatic heterocycles. The number of carbonyl (C=O) groups is 2. The minimum atomic E-state index is -0.0790. The van der Waals surface area contributed by atoms with Gasteiger partial charge in [0.1, 0.15) is 0 Å². The molecule has 0 bridgehead atoms. The highest BCUT2D eigenvalue weighted by molar-refractivity contribution is 8.00. The summed E-state index contributed by atoms with van der Waals surface area (Å²) in [7, 11) is 0. The molecule has 2 heterocycles. The van der Waals surface area contributed by atoms with E-state index in [1.807, 2.05) is 30.0 Å². The van der Waals surface area contributed by atoms with Gasteiger partial charge in [0.15, 0.2) is 0 Å². The Morgan fingerprint density at radius 2 is 1.95 bits per heavy atom. The van der Waals surface area contributed by atoms with Crippen LogP contribution in [0.1, 0.15) is 43.0 Å². The molecule has 0 radical (unpaired) electrons. The lowest BCUT2D eigenvalue weighted by Gasteiger charge is -2.24. The molecule has 2 aliphatic rings. The lowest BCUT2D eigenvalue weighted by atomic mass is 10.1. The number of thioether (sulfide) groups is 1. The Balaban J connectivity index is 1.81. The monoisotopic (exact) mass is 304 g/mol. The van der Waals surface area contributed by atoms with Gasteiger partial charge >= 0.3 is 0 Å². The summed E-state index contributed by atoms with van der Waals surface area (Å²) >= 11 is 1.54. The molecule has 2 amide bonds. The van der Waals surface area contributed by atoms with Crippen LogP contribution in [0.15, 0.2) is 23.1 Å². The van der Waals surface area contributed by atoms with Gasteiger partial charge < -0.3 is 10.2 Å². The normalized spacial score (nSPS) is 22.2. The molecule has 1 N–H and O–H groups in total. The van der Waals surface area contributed by atoms with Crippen molar-refractivity contribution in [1.29, 1.82) is 0 Å². The van der Waals surface area contributed by atoms with Crippen molar-refractivity contribution in [3.63, 3.8) is 0 Å². The van der Waals surface area contributed by atoms with E-state index in [1.165, 1.54) is 12.8 Å². The number of benzene rings is 1.